The number of hydrogen-bond acceptors (Lipinski definition) is 1. The summed E-state index contributed by atoms with van der Waals surface area (Å²) in [7, 11) is 0. The molecule has 0 heterocycles. The van der Waals surface area contributed by atoms with Crippen molar-refractivity contribution in [2.75, 3.05) is 0 Å². The molecule has 0 fully saturated rings. The average molecular weight is 268 g/mol. The molecule has 0 bridgehead atoms. The largest absolute Gasteiger partial charge is 0.508 e. The molecule has 0 radical (unpaired) electrons. The normalized spacial score (nSPS) is 11.6. The van der Waals surface area contributed by atoms with Crippen LogP contribution in [0.3, 0.4) is 0 Å². The summed E-state index contributed by atoms with van der Waals surface area (Å²) >= 11 is 0. The summed E-state index contributed by atoms with van der Waals surface area (Å²) in [6, 6.07) is 16.6. The number of aromatic hydroxyl groups is 1. The van der Waals surface area contributed by atoms with Gasteiger partial charge in [0.2, 0.25) is 0 Å². The van der Waals surface area contributed by atoms with Gasteiger partial charge in [-0.05, 0) is 35.6 Å². The summed E-state index contributed by atoms with van der Waals surface area (Å²) in [6.07, 6.45) is 3.20. The highest BCUT2D eigenvalue weighted by atomic mass is 16.3. The van der Waals surface area contributed by atoms with Crippen LogP contribution in [-0.2, 0) is 11.8 Å². The molecule has 20 heavy (non-hydrogen) atoms. The van der Waals surface area contributed by atoms with Crippen LogP contribution in [0.4, 0.5) is 0 Å². The van der Waals surface area contributed by atoms with Crippen LogP contribution in [-0.4, -0.2) is 5.11 Å². The van der Waals surface area contributed by atoms with Crippen molar-refractivity contribution in [1.29, 1.82) is 0 Å². The molecule has 2 aromatic rings. The van der Waals surface area contributed by atoms with Crippen molar-refractivity contribution in [2.24, 2.45) is 0 Å². The minimum absolute atomic E-state index is 0.0457. The van der Waals surface area contributed by atoms with Gasteiger partial charge in [0.1, 0.15) is 5.75 Å². The fraction of sp³-hybridized carbons (Fsp3) is 0.368. The van der Waals surface area contributed by atoms with Gasteiger partial charge in [0.05, 0.1) is 0 Å². The molecule has 2 rings (SSSR count). The third-order valence-electron chi connectivity index (χ3n) is 4.10. The number of benzene rings is 2. The molecule has 2 aromatic carbocycles. The van der Waals surface area contributed by atoms with Gasteiger partial charge in [0.25, 0.3) is 0 Å². The van der Waals surface area contributed by atoms with E-state index in [9.17, 15) is 5.11 Å². The summed E-state index contributed by atoms with van der Waals surface area (Å²) in [6.45, 7) is 6.64. The Morgan fingerprint density at radius 2 is 1.65 bits per heavy atom. The first-order valence-electron chi connectivity index (χ1n) is 7.43. The van der Waals surface area contributed by atoms with Gasteiger partial charge in [0, 0.05) is 5.41 Å². The molecule has 1 heteroatoms. The van der Waals surface area contributed by atoms with Crippen molar-refractivity contribution in [3.63, 3.8) is 0 Å². The summed E-state index contributed by atoms with van der Waals surface area (Å²) < 4.78 is 0. The van der Waals surface area contributed by atoms with Gasteiger partial charge >= 0.3 is 0 Å². The molecule has 0 aliphatic carbocycles. The minimum atomic E-state index is -0.0457. The minimum Gasteiger partial charge on any atom is -0.508 e. The molecule has 0 amide bonds. The van der Waals surface area contributed by atoms with Crippen molar-refractivity contribution in [3.05, 3.63) is 65.2 Å². The maximum absolute atomic E-state index is 10.00. The summed E-state index contributed by atoms with van der Waals surface area (Å²) in [4.78, 5) is 0. The Bertz CT molecular complexity index is 555. The zero-order valence-electron chi connectivity index (χ0n) is 12.7. The Morgan fingerprint density at radius 3 is 2.30 bits per heavy atom. The quantitative estimate of drug-likeness (QED) is 0.803. The molecule has 0 saturated heterocycles. The van der Waals surface area contributed by atoms with Gasteiger partial charge < -0.3 is 5.11 Å². The number of hydrogen-bond donors (Lipinski definition) is 1. The third-order valence-corrected chi connectivity index (χ3v) is 4.10. The molecule has 0 spiro atoms. The Morgan fingerprint density at radius 1 is 0.950 bits per heavy atom. The first-order valence-corrected chi connectivity index (χ1v) is 7.43. The fourth-order valence-electron chi connectivity index (χ4n) is 2.56. The monoisotopic (exact) mass is 268 g/mol. The molecular weight excluding hydrogens is 244 g/mol. The van der Waals surface area contributed by atoms with Crippen LogP contribution in [0.5, 0.6) is 5.75 Å². The Hall–Kier alpha value is -1.76. The van der Waals surface area contributed by atoms with E-state index in [4.69, 9.17) is 0 Å². The highest BCUT2D eigenvalue weighted by Crippen LogP contribution is 2.34. The van der Waals surface area contributed by atoms with Crippen LogP contribution in [0.2, 0.25) is 0 Å². The SMILES string of the molecule is CCCCc1cc(C(C)(C)c2ccccc2)ccc1O. The van der Waals surface area contributed by atoms with Crippen LogP contribution in [0, 0.1) is 0 Å². The van der Waals surface area contributed by atoms with Crippen molar-refractivity contribution < 1.29 is 5.11 Å². The smallest absolute Gasteiger partial charge is 0.118 e. The van der Waals surface area contributed by atoms with Gasteiger partial charge in [-0.2, -0.15) is 0 Å². The molecule has 0 saturated carbocycles. The summed E-state index contributed by atoms with van der Waals surface area (Å²) in [5, 5.41) is 10.00. The van der Waals surface area contributed by atoms with Crippen molar-refractivity contribution in [3.8, 4) is 5.75 Å². The number of rotatable bonds is 5. The molecular formula is C19H24O. The van der Waals surface area contributed by atoms with Crippen molar-refractivity contribution in [2.45, 2.75) is 45.4 Å². The second kappa shape index (κ2) is 6.13. The maximum Gasteiger partial charge on any atom is 0.118 e. The third kappa shape index (κ3) is 3.04. The summed E-state index contributed by atoms with van der Waals surface area (Å²) in [5.74, 6) is 0.422. The maximum atomic E-state index is 10.00. The zero-order chi connectivity index (χ0) is 14.6. The Kier molecular flexibility index (Phi) is 4.49. The first kappa shape index (κ1) is 14.6. The standard InChI is InChI=1S/C19H24O/c1-4-5-9-15-14-17(12-13-18(15)20)19(2,3)16-10-7-6-8-11-16/h6-8,10-14,20H,4-5,9H2,1-3H3. The van der Waals surface area contributed by atoms with Gasteiger partial charge in [-0.25, -0.2) is 0 Å². The van der Waals surface area contributed by atoms with E-state index < -0.39 is 0 Å². The highest BCUT2D eigenvalue weighted by molar-refractivity contribution is 5.43. The van der Waals surface area contributed by atoms with Crippen LogP contribution >= 0.6 is 0 Å². The van der Waals surface area contributed by atoms with E-state index in [1.54, 1.807) is 0 Å². The molecule has 0 aromatic heterocycles. The Balaban J connectivity index is 2.37. The number of aryl methyl sites for hydroxylation is 1. The van der Waals surface area contributed by atoms with Gasteiger partial charge in [-0.15, -0.1) is 0 Å². The van der Waals surface area contributed by atoms with Crippen LogP contribution < -0.4 is 0 Å². The lowest BCUT2D eigenvalue weighted by Gasteiger charge is -2.27. The average Bonchev–Trinajstić information content (AvgIpc) is 2.47. The molecule has 0 aliphatic rings. The highest BCUT2D eigenvalue weighted by Gasteiger charge is 2.23. The lowest BCUT2D eigenvalue weighted by molar-refractivity contribution is 0.466. The van der Waals surface area contributed by atoms with E-state index in [1.807, 2.05) is 18.2 Å². The molecule has 106 valence electrons. The van der Waals surface area contributed by atoms with Crippen molar-refractivity contribution in [1.82, 2.24) is 0 Å². The van der Waals surface area contributed by atoms with Gasteiger partial charge in [-0.3, -0.25) is 0 Å². The van der Waals surface area contributed by atoms with E-state index in [-0.39, 0.29) is 5.41 Å². The van der Waals surface area contributed by atoms with Crippen LogP contribution in [0.15, 0.2) is 48.5 Å². The molecule has 0 aliphatic heterocycles. The molecule has 0 unspecified atom stereocenters. The van der Waals surface area contributed by atoms with Crippen LogP contribution in [0.1, 0.15) is 50.3 Å². The second-order valence-corrected chi connectivity index (χ2v) is 5.94. The van der Waals surface area contributed by atoms with E-state index >= 15 is 0 Å². The van der Waals surface area contributed by atoms with Crippen LogP contribution in [0.25, 0.3) is 0 Å². The topological polar surface area (TPSA) is 20.2 Å². The molecule has 1 N–H and O–H groups in total. The van der Waals surface area contributed by atoms with Gasteiger partial charge in [0.15, 0.2) is 0 Å². The first-order chi connectivity index (χ1) is 9.55. The van der Waals surface area contributed by atoms with E-state index in [2.05, 4.69) is 51.1 Å². The fourth-order valence-corrected chi connectivity index (χ4v) is 2.56. The lowest BCUT2D eigenvalue weighted by atomic mass is 9.77. The number of phenolic OH excluding ortho intramolecular Hbond substituents is 1. The second-order valence-electron chi connectivity index (χ2n) is 5.94. The van der Waals surface area contributed by atoms with E-state index in [0.717, 1.165) is 24.8 Å². The predicted octanol–water partition coefficient (Wildman–Crippen LogP) is 5.06. The molecule has 1 nitrogen and oxygen atoms in total. The van der Waals surface area contributed by atoms with Crippen molar-refractivity contribution >= 4 is 0 Å². The van der Waals surface area contributed by atoms with E-state index in [0.29, 0.717) is 5.75 Å². The summed E-state index contributed by atoms with van der Waals surface area (Å²) in [5.41, 5.74) is 3.57. The van der Waals surface area contributed by atoms with E-state index in [1.165, 1.54) is 11.1 Å². The van der Waals surface area contributed by atoms with Gasteiger partial charge in [-0.1, -0.05) is 69.7 Å². The Labute approximate surface area is 122 Å². The predicted molar refractivity (Wildman–Crippen MR) is 85.3 cm³/mol. The number of phenols is 1. The lowest BCUT2D eigenvalue weighted by Crippen LogP contribution is -2.19. The zero-order valence-corrected chi connectivity index (χ0v) is 12.7. The molecule has 0 atom stereocenters. The number of unbranched alkanes of at least 4 members (excludes halogenated alkanes) is 1.